The molecule has 0 spiro atoms. The Balaban J connectivity index is 1.61. The van der Waals surface area contributed by atoms with Crippen LogP contribution in [0.3, 0.4) is 0 Å². The van der Waals surface area contributed by atoms with E-state index in [4.69, 9.17) is 0 Å². The average Bonchev–Trinajstić information content (AvgIpc) is 3.38. The predicted octanol–water partition coefficient (Wildman–Crippen LogP) is 5.28. The van der Waals surface area contributed by atoms with E-state index in [-0.39, 0.29) is 0 Å². The first-order valence-electron chi connectivity index (χ1n) is 10.3. The molecule has 3 heteroatoms. The Labute approximate surface area is 165 Å². The van der Waals surface area contributed by atoms with E-state index in [2.05, 4.69) is 59.5 Å². The van der Waals surface area contributed by atoms with Gasteiger partial charge in [0.2, 0.25) is 0 Å². The van der Waals surface area contributed by atoms with Crippen LogP contribution in [0.2, 0.25) is 0 Å². The Morgan fingerprint density at radius 1 is 0.964 bits per heavy atom. The average molecular weight is 369 g/mol. The lowest BCUT2D eigenvalue weighted by atomic mass is 9.70. The van der Waals surface area contributed by atoms with Crippen molar-refractivity contribution in [2.75, 3.05) is 11.4 Å². The van der Waals surface area contributed by atoms with Gasteiger partial charge >= 0.3 is 5.97 Å². The standard InChI is InChI=1S/C25H23NO2/c27-25(28)17-12-21-18-9-4-8-16(18)14-26-23(15-6-2-1-3-7-15)20-11-5-10-19(20)22(13-17)24(21)26/h1-7,9-10,12-13,16,18-20,23H,8,11,14H2,(H,27,28)/t16-,18+,19+,20+,23-/m1/s1. The van der Waals surface area contributed by atoms with Crippen molar-refractivity contribution in [3.05, 3.63) is 89.0 Å². The van der Waals surface area contributed by atoms with E-state index in [1.807, 2.05) is 12.1 Å². The minimum Gasteiger partial charge on any atom is -0.478 e. The molecule has 2 aromatic rings. The maximum Gasteiger partial charge on any atom is 0.335 e. The van der Waals surface area contributed by atoms with E-state index < -0.39 is 5.97 Å². The molecule has 6 rings (SSSR count). The molecule has 2 aliphatic carbocycles. The van der Waals surface area contributed by atoms with Gasteiger partial charge in [-0.25, -0.2) is 4.79 Å². The first-order chi connectivity index (χ1) is 13.7. The molecule has 0 aromatic heterocycles. The van der Waals surface area contributed by atoms with Crippen molar-refractivity contribution in [1.82, 2.24) is 0 Å². The third-order valence-electron chi connectivity index (χ3n) is 7.24. The molecule has 4 aliphatic rings. The zero-order valence-electron chi connectivity index (χ0n) is 15.7. The molecule has 5 atom stereocenters. The van der Waals surface area contributed by atoms with Crippen molar-refractivity contribution in [3.63, 3.8) is 0 Å². The Hall–Kier alpha value is -2.81. The highest BCUT2D eigenvalue weighted by atomic mass is 16.4. The summed E-state index contributed by atoms with van der Waals surface area (Å²) in [7, 11) is 0. The van der Waals surface area contributed by atoms with Gasteiger partial charge in [-0.2, -0.15) is 0 Å². The van der Waals surface area contributed by atoms with Crippen LogP contribution in [0.15, 0.2) is 66.8 Å². The van der Waals surface area contributed by atoms with Crippen LogP contribution in [-0.4, -0.2) is 17.6 Å². The molecule has 0 amide bonds. The van der Waals surface area contributed by atoms with Crippen LogP contribution in [-0.2, 0) is 0 Å². The van der Waals surface area contributed by atoms with Crippen LogP contribution in [0.5, 0.6) is 0 Å². The lowest BCUT2D eigenvalue weighted by molar-refractivity contribution is 0.0696. The molecule has 140 valence electrons. The minimum absolute atomic E-state index is 0.302. The van der Waals surface area contributed by atoms with Gasteiger partial charge in [-0.15, -0.1) is 0 Å². The SMILES string of the molecule is O=C(O)c1cc2c3c(c1)[C@H]1C=CC[C@@H]1[C@@H](c1ccccc1)N3C[C@H]1CC=C[C@H]21. The fourth-order valence-electron chi connectivity index (χ4n) is 6.13. The molecule has 28 heavy (non-hydrogen) atoms. The zero-order valence-corrected chi connectivity index (χ0v) is 15.7. The third kappa shape index (κ3) is 2.13. The van der Waals surface area contributed by atoms with Crippen molar-refractivity contribution < 1.29 is 9.90 Å². The number of carbonyl (C=O) groups is 1. The lowest BCUT2D eigenvalue weighted by Crippen LogP contribution is -2.46. The summed E-state index contributed by atoms with van der Waals surface area (Å²) < 4.78 is 0. The second-order valence-corrected chi connectivity index (χ2v) is 8.62. The van der Waals surface area contributed by atoms with Gasteiger partial charge in [0.1, 0.15) is 0 Å². The summed E-state index contributed by atoms with van der Waals surface area (Å²) >= 11 is 0. The van der Waals surface area contributed by atoms with Gasteiger partial charge in [-0.3, -0.25) is 0 Å². The molecule has 0 saturated carbocycles. The molecular weight excluding hydrogens is 346 g/mol. The molecule has 0 unspecified atom stereocenters. The number of carboxylic acid groups (broad SMARTS) is 1. The van der Waals surface area contributed by atoms with E-state index >= 15 is 0 Å². The van der Waals surface area contributed by atoms with Crippen LogP contribution >= 0.6 is 0 Å². The van der Waals surface area contributed by atoms with Gasteiger partial charge in [0.05, 0.1) is 11.6 Å². The lowest BCUT2D eigenvalue weighted by Gasteiger charge is -2.51. The van der Waals surface area contributed by atoms with Gasteiger partial charge in [-0.1, -0.05) is 54.6 Å². The zero-order chi connectivity index (χ0) is 18.8. The summed E-state index contributed by atoms with van der Waals surface area (Å²) in [6.45, 7) is 1.05. The number of rotatable bonds is 2. The van der Waals surface area contributed by atoms with E-state index in [0.29, 0.717) is 35.3 Å². The molecule has 0 radical (unpaired) electrons. The van der Waals surface area contributed by atoms with Gasteiger partial charge in [0.25, 0.3) is 0 Å². The molecule has 1 N–H and O–H groups in total. The monoisotopic (exact) mass is 369 g/mol. The van der Waals surface area contributed by atoms with Gasteiger partial charge in [0, 0.05) is 24.1 Å². The summed E-state index contributed by atoms with van der Waals surface area (Å²) in [5.41, 5.74) is 5.56. The Bertz CT molecular complexity index is 1010. The number of benzene rings is 2. The van der Waals surface area contributed by atoms with E-state index in [0.717, 1.165) is 19.4 Å². The van der Waals surface area contributed by atoms with Crippen molar-refractivity contribution >= 4 is 11.7 Å². The van der Waals surface area contributed by atoms with Crippen LogP contribution in [0, 0.1) is 11.8 Å². The number of hydrogen-bond donors (Lipinski definition) is 1. The maximum atomic E-state index is 11.9. The van der Waals surface area contributed by atoms with Crippen molar-refractivity contribution in [1.29, 1.82) is 0 Å². The van der Waals surface area contributed by atoms with Crippen molar-refractivity contribution in [2.45, 2.75) is 30.7 Å². The summed E-state index contributed by atoms with van der Waals surface area (Å²) in [5, 5.41) is 9.75. The highest BCUT2D eigenvalue weighted by Gasteiger charge is 2.47. The molecule has 2 aliphatic heterocycles. The molecular formula is C25H23NO2. The minimum atomic E-state index is -0.821. The first kappa shape index (κ1) is 16.2. The van der Waals surface area contributed by atoms with Crippen LogP contribution < -0.4 is 4.90 Å². The molecule has 2 aromatic carbocycles. The van der Waals surface area contributed by atoms with Crippen LogP contribution in [0.1, 0.15) is 57.8 Å². The number of allylic oxidation sites excluding steroid dienone is 4. The quantitative estimate of drug-likeness (QED) is 0.732. The number of aromatic carboxylic acids is 1. The first-order valence-corrected chi connectivity index (χ1v) is 10.3. The summed E-state index contributed by atoms with van der Waals surface area (Å²) in [6.07, 6.45) is 11.3. The molecule has 0 saturated heterocycles. The number of hydrogen-bond acceptors (Lipinski definition) is 2. The summed E-state index contributed by atoms with van der Waals surface area (Å²) in [4.78, 5) is 14.5. The number of fused-ring (bicyclic) bond motifs is 4. The largest absolute Gasteiger partial charge is 0.478 e. The van der Waals surface area contributed by atoms with Crippen LogP contribution in [0.25, 0.3) is 0 Å². The van der Waals surface area contributed by atoms with Crippen LogP contribution in [0.4, 0.5) is 5.69 Å². The predicted molar refractivity (Wildman–Crippen MR) is 110 cm³/mol. The van der Waals surface area contributed by atoms with E-state index in [9.17, 15) is 9.90 Å². The second-order valence-electron chi connectivity index (χ2n) is 8.62. The Kier molecular flexibility index (Phi) is 3.37. The molecule has 2 heterocycles. The maximum absolute atomic E-state index is 11.9. The number of carboxylic acids is 1. The van der Waals surface area contributed by atoms with E-state index in [1.165, 1.54) is 22.4 Å². The van der Waals surface area contributed by atoms with E-state index in [1.54, 1.807) is 0 Å². The Morgan fingerprint density at radius 2 is 1.68 bits per heavy atom. The highest BCUT2D eigenvalue weighted by molar-refractivity contribution is 5.90. The second kappa shape index (κ2) is 5.84. The molecule has 0 bridgehead atoms. The highest BCUT2D eigenvalue weighted by Crippen LogP contribution is 2.58. The third-order valence-corrected chi connectivity index (χ3v) is 7.24. The van der Waals surface area contributed by atoms with Gasteiger partial charge in [0.15, 0.2) is 0 Å². The molecule has 0 fully saturated rings. The summed E-state index contributed by atoms with van der Waals surface area (Å²) in [6, 6.07) is 15.1. The smallest absolute Gasteiger partial charge is 0.335 e. The normalized spacial score (nSPS) is 31.4. The topological polar surface area (TPSA) is 40.5 Å². The summed E-state index contributed by atoms with van der Waals surface area (Å²) in [5.74, 6) is 0.844. The Morgan fingerprint density at radius 3 is 2.46 bits per heavy atom. The van der Waals surface area contributed by atoms with Crippen molar-refractivity contribution in [2.24, 2.45) is 11.8 Å². The fourth-order valence-corrected chi connectivity index (χ4v) is 6.13. The fraction of sp³-hybridized carbons (Fsp3) is 0.320. The number of anilines is 1. The molecule has 3 nitrogen and oxygen atoms in total. The van der Waals surface area contributed by atoms with Gasteiger partial charge < -0.3 is 10.0 Å². The van der Waals surface area contributed by atoms with Gasteiger partial charge in [-0.05, 0) is 53.5 Å². The number of nitrogens with zero attached hydrogens (tertiary/aromatic N) is 1. The van der Waals surface area contributed by atoms with Crippen molar-refractivity contribution in [3.8, 4) is 0 Å².